The second-order valence-electron chi connectivity index (χ2n) is 5.33. The number of rotatable bonds is 6. The van der Waals surface area contributed by atoms with Crippen LogP contribution in [-0.4, -0.2) is 17.7 Å². The Labute approximate surface area is 150 Å². The van der Waals surface area contributed by atoms with Crippen LogP contribution in [0.25, 0.3) is 11.3 Å². The molecule has 6 heteroatoms. The molecule has 0 aliphatic heterocycles. The highest BCUT2D eigenvalue weighted by Crippen LogP contribution is 2.22. The molecule has 1 N–H and O–H groups in total. The van der Waals surface area contributed by atoms with Gasteiger partial charge in [0.25, 0.3) is 5.91 Å². The Morgan fingerprint density at radius 1 is 1.16 bits per heavy atom. The zero-order valence-corrected chi connectivity index (χ0v) is 14.4. The van der Waals surface area contributed by atoms with Crippen molar-refractivity contribution in [3.63, 3.8) is 0 Å². The molecule has 0 aliphatic carbocycles. The van der Waals surface area contributed by atoms with E-state index in [1.165, 1.54) is 0 Å². The molecule has 1 heterocycles. The topological polar surface area (TPSA) is 64.4 Å². The van der Waals surface area contributed by atoms with E-state index >= 15 is 0 Å². The number of amides is 1. The monoisotopic (exact) mass is 356 g/mol. The molecule has 5 nitrogen and oxygen atoms in total. The maximum absolute atomic E-state index is 12.2. The first-order chi connectivity index (χ1) is 12.2. The number of carbonyl (C=O) groups excluding carboxylic acids is 1. The molecule has 0 aliphatic rings. The SMILES string of the molecule is CCOc1ccc(C(=O)NCc2cc(-c3ccc(Cl)cc3)on2)cc1. The third-order valence-corrected chi connectivity index (χ3v) is 3.80. The number of hydrogen-bond acceptors (Lipinski definition) is 4. The Morgan fingerprint density at radius 3 is 2.56 bits per heavy atom. The number of hydrogen-bond donors (Lipinski definition) is 1. The van der Waals surface area contributed by atoms with Crippen molar-refractivity contribution in [2.24, 2.45) is 0 Å². The summed E-state index contributed by atoms with van der Waals surface area (Å²) in [5.74, 6) is 1.18. The highest BCUT2D eigenvalue weighted by Gasteiger charge is 2.10. The molecule has 0 saturated heterocycles. The van der Waals surface area contributed by atoms with Crippen LogP contribution in [0.3, 0.4) is 0 Å². The molecule has 0 spiro atoms. The third-order valence-electron chi connectivity index (χ3n) is 3.55. The number of nitrogens with one attached hydrogen (secondary N) is 1. The average Bonchev–Trinajstić information content (AvgIpc) is 3.10. The van der Waals surface area contributed by atoms with Crippen molar-refractivity contribution in [1.29, 1.82) is 0 Å². The van der Waals surface area contributed by atoms with Gasteiger partial charge in [0.15, 0.2) is 5.76 Å². The number of nitrogens with zero attached hydrogens (tertiary/aromatic N) is 1. The smallest absolute Gasteiger partial charge is 0.251 e. The normalized spacial score (nSPS) is 10.5. The largest absolute Gasteiger partial charge is 0.494 e. The van der Waals surface area contributed by atoms with E-state index in [2.05, 4.69) is 10.5 Å². The van der Waals surface area contributed by atoms with Crippen LogP contribution >= 0.6 is 11.6 Å². The van der Waals surface area contributed by atoms with E-state index in [9.17, 15) is 4.79 Å². The zero-order chi connectivity index (χ0) is 17.6. The highest BCUT2D eigenvalue weighted by atomic mass is 35.5. The second-order valence-corrected chi connectivity index (χ2v) is 5.77. The first kappa shape index (κ1) is 17.0. The highest BCUT2D eigenvalue weighted by molar-refractivity contribution is 6.30. The number of halogens is 1. The summed E-state index contributed by atoms with van der Waals surface area (Å²) in [6.07, 6.45) is 0. The fourth-order valence-corrected chi connectivity index (χ4v) is 2.41. The number of benzene rings is 2. The molecule has 0 radical (unpaired) electrons. The van der Waals surface area contributed by atoms with E-state index in [-0.39, 0.29) is 12.5 Å². The summed E-state index contributed by atoms with van der Waals surface area (Å²) in [4.78, 5) is 12.2. The Kier molecular flexibility index (Phi) is 5.36. The third kappa shape index (κ3) is 4.39. The minimum Gasteiger partial charge on any atom is -0.494 e. The van der Waals surface area contributed by atoms with E-state index in [0.717, 1.165) is 11.3 Å². The Morgan fingerprint density at radius 2 is 1.88 bits per heavy atom. The van der Waals surface area contributed by atoms with Gasteiger partial charge in [-0.2, -0.15) is 0 Å². The molecule has 0 bridgehead atoms. The molecular formula is C19H17ClN2O3. The lowest BCUT2D eigenvalue weighted by molar-refractivity contribution is 0.0950. The number of ether oxygens (including phenoxy) is 1. The molecular weight excluding hydrogens is 340 g/mol. The fraction of sp³-hybridized carbons (Fsp3) is 0.158. The predicted octanol–water partition coefficient (Wildman–Crippen LogP) is 4.32. The van der Waals surface area contributed by atoms with Crippen molar-refractivity contribution in [2.75, 3.05) is 6.61 Å². The molecule has 0 fully saturated rings. The summed E-state index contributed by atoms with van der Waals surface area (Å²) >= 11 is 5.87. The van der Waals surface area contributed by atoms with Crippen LogP contribution in [0.4, 0.5) is 0 Å². The lowest BCUT2D eigenvalue weighted by Gasteiger charge is -2.05. The predicted molar refractivity (Wildman–Crippen MR) is 95.7 cm³/mol. The van der Waals surface area contributed by atoms with Gasteiger partial charge in [0.1, 0.15) is 11.4 Å². The van der Waals surface area contributed by atoms with Crippen LogP contribution in [0.2, 0.25) is 5.02 Å². The molecule has 25 heavy (non-hydrogen) atoms. The van der Waals surface area contributed by atoms with Gasteiger partial charge in [-0.25, -0.2) is 0 Å². The van der Waals surface area contributed by atoms with Crippen molar-refractivity contribution in [1.82, 2.24) is 10.5 Å². The Bertz CT molecular complexity index is 842. The Balaban J connectivity index is 1.60. The standard InChI is InChI=1S/C19H17ClN2O3/c1-2-24-17-9-5-14(6-10-17)19(23)21-12-16-11-18(25-22-16)13-3-7-15(20)8-4-13/h3-11H,2,12H2,1H3,(H,21,23). The van der Waals surface area contributed by atoms with Gasteiger partial charge in [-0.15, -0.1) is 0 Å². The van der Waals surface area contributed by atoms with Gasteiger partial charge in [0, 0.05) is 22.2 Å². The van der Waals surface area contributed by atoms with Gasteiger partial charge in [0.2, 0.25) is 0 Å². The number of aromatic nitrogens is 1. The molecule has 128 valence electrons. The summed E-state index contributed by atoms with van der Waals surface area (Å²) in [5, 5.41) is 7.45. The van der Waals surface area contributed by atoms with Crippen molar-refractivity contribution < 1.29 is 14.1 Å². The van der Waals surface area contributed by atoms with Crippen molar-refractivity contribution >= 4 is 17.5 Å². The average molecular weight is 357 g/mol. The van der Waals surface area contributed by atoms with Gasteiger partial charge in [-0.1, -0.05) is 16.8 Å². The molecule has 3 rings (SSSR count). The van der Waals surface area contributed by atoms with Crippen LogP contribution in [0, 0.1) is 0 Å². The van der Waals surface area contributed by atoms with E-state index in [1.807, 2.05) is 19.1 Å². The Hall–Kier alpha value is -2.79. The van der Waals surface area contributed by atoms with Gasteiger partial charge >= 0.3 is 0 Å². The van der Waals surface area contributed by atoms with Crippen LogP contribution in [-0.2, 0) is 6.54 Å². The molecule has 1 aromatic heterocycles. The minimum atomic E-state index is -0.181. The summed E-state index contributed by atoms with van der Waals surface area (Å²) in [6.45, 7) is 2.79. The van der Waals surface area contributed by atoms with Crippen LogP contribution in [0.5, 0.6) is 5.75 Å². The maximum atomic E-state index is 12.2. The molecule has 2 aromatic carbocycles. The molecule has 3 aromatic rings. The van der Waals surface area contributed by atoms with Crippen molar-refractivity contribution in [2.45, 2.75) is 13.5 Å². The summed E-state index contributed by atoms with van der Waals surface area (Å²) in [6, 6.07) is 16.1. The summed E-state index contributed by atoms with van der Waals surface area (Å²) in [5.41, 5.74) is 2.08. The summed E-state index contributed by atoms with van der Waals surface area (Å²) < 4.78 is 10.7. The van der Waals surface area contributed by atoms with E-state index in [1.54, 1.807) is 42.5 Å². The quantitative estimate of drug-likeness (QED) is 0.714. The fourth-order valence-electron chi connectivity index (χ4n) is 2.29. The first-order valence-corrected chi connectivity index (χ1v) is 8.26. The zero-order valence-electron chi connectivity index (χ0n) is 13.7. The van der Waals surface area contributed by atoms with E-state index in [0.29, 0.717) is 28.6 Å². The van der Waals surface area contributed by atoms with Gasteiger partial charge in [-0.3, -0.25) is 4.79 Å². The van der Waals surface area contributed by atoms with E-state index < -0.39 is 0 Å². The summed E-state index contributed by atoms with van der Waals surface area (Å²) in [7, 11) is 0. The molecule has 1 amide bonds. The molecule has 0 atom stereocenters. The lowest BCUT2D eigenvalue weighted by Crippen LogP contribution is -2.22. The lowest BCUT2D eigenvalue weighted by atomic mass is 10.1. The molecule has 0 unspecified atom stereocenters. The van der Waals surface area contributed by atoms with Crippen LogP contribution in [0.15, 0.2) is 59.1 Å². The van der Waals surface area contributed by atoms with Crippen molar-refractivity contribution in [3.05, 3.63) is 70.9 Å². The minimum absolute atomic E-state index is 0.181. The first-order valence-electron chi connectivity index (χ1n) is 7.88. The second kappa shape index (κ2) is 7.85. The maximum Gasteiger partial charge on any atom is 0.251 e. The van der Waals surface area contributed by atoms with Gasteiger partial charge in [-0.05, 0) is 55.5 Å². The molecule has 0 saturated carbocycles. The van der Waals surface area contributed by atoms with E-state index in [4.69, 9.17) is 20.9 Å². The van der Waals surface area contributed by atoms with Crippen LogP contribution in [0.1, 0.15) is 23.0 Å². The van der Waals surface area contributed by atoms with Crippen molar-refractivity contribution in [3.8, 4) is 17.1 Å². The van der Waals surface area contributed by atoms with Gasteiger partial charge in [0.05, 0.1) is 13.2 Å². The van der Waals surface area contributed by atoms with Gasteiger partial charge < -0.3 is 14.6 Å². The van der Waals surface area contributed by atoms with Crippen LogP contribution < -0.4 is 10.1 Å². The number of carbonyl (C=O) groups is 1.